The number of piperidine rings is 1. The lowest BCUT2D eigenvalue weighted by atomic mass is 9.97. The Morgan fingerprint density at radius 2 is 1.95 bits per heavy atom. The van der Waals surface area contributed by atoms with E-state index in [1.165, 1.54) is 7.11 Å². The van der Waals surface area contributed by atoms with E-state index in [2.05, 4.69) is 17.1 Å². The van der Waals surface area contributed by atoms with E-state index in [0.29, 0.717) is 25.7 Å². The highest BCUT2D eigenvalue weighted by Crippen LogP contribution is 2.18. The Kier molecular flexibility index (Phi) is 5.37. The summed E-state index contributed by atoms with van der Waals surface area (Å²) >= 11 is 0. The van der Waals surface area contributed by atoms with E-state index in [1.807, 2.05) is 4.90 Å². The molecule has 2 heterocycles. The van der Waals surface area contributed by atoms with Crippen molar-refractivity contribution in [2.24, 2.45) is 5.92 Å². The smallest absolute Gasteiger partial charge is 0.308 e. The van der Waals surface area contributed by atoms with Crippen molar-refractivity contribution in [1.29, 1.82) is 0 Å². The van der Waals surface area contributed by atoms with Gasteiger partial charge in [-0.25, -0.2) is 0 Å². The average Bonchev–Trinajstić information content (AvgIpc) is 2.49. The van der Waals surface area contributed by atoms with Gasteiger partial charge >= 0.3 is 5.97 Å². The quantitative estimate of drug-likeness (QED) is 0.720. The number of nitrogens with zero attached hydrogens (tertiary/aromatic N) is 2. The summed E-state index contributed by atoms with van der Waals surface area (Å²) < 4.78 is 4.76. The van der Waals surface area contributed by atoms with Crippen LogP contribution in [0.15, 0.2) is 0 Å². The molecule has 0 aromatic heterocycles. The van der Waals surface area contributed by atoms with Crippen LogP contribution in [0.1, 0.15) is 19.8 Å². The van der Waals surface area contributed by atoms with Crippen LogP contribution in [0.2, 0.25) is 0 Å². The first kappa shape index (κ1) is 15.3. The Balaban J connectivity index is 1.78. The number of amides is 1. The second-order valence-corrected chi connectivity index (χ2v) is 5.70. The van der Waals surface area contributed by atoms with Crippen LogP contribution in [-0.4, -0.2) is 74.1 Å². The zero-order valence-corrected chi connectivity index (χ0v) is 12.4. The van der Waals surface area contributed by atoms with Gasteiger partial charge in [-0.2, -0.15) is 0 Å². The predicted molar refractivity (Wildman–Crippen MR) is 75.2 cm³/mol. The Morgan fingerprint density at radius 1 is 1.25 bits per heavy atom. The molecule has 2 fully saturated rings. The standard InChI is InChI=1S/C14H25N3O3/c1-11-9-15-5-8-17(11)10-13(18)16-6-3-12(4-7-16)14(19)20-2/h11-12,15H,3-10H2,1-2H3/t11-/m0/s1. The van der Waals surface area contributed by atoms with Gasteiger partial charge < -0.3 is 15.0 Å². The number of hydrogen-bond donors (Lipinski definition) is 1. The predicted octanol–water partition coefficient (Wildman–Crippen LogP) is -0.308. The van der Waals surface area contributed by atoms with Gasteiger partial charge in [0.1, 0.15) is 0 Å². The van der Waals surface area contributed by atoms with Gasteiger partial charge in [-0.1, -0.05) is 0 Å². The van der Waals surface area contributed by atoms with Crippen LogP contribution in [0.3, 0.4) is 0 Å². The minimum Gasteiger partial charge on any atom is -0.469 e. The minimum absolute atomic E-state index is 0.0397. The monoisotopic (exact) mass is 283 g/mol. The lowest BCUT2D eigenvalue weighted by Crippen LogP contribution is -2.54. The third-order valence-electron chi connectivity index (χ3n) is 4.36. The minimum atomic E-state index is -0.146. The lowest BCUT2D eigenvalue weighted by Gasteiger charge is -2.36. The van der Waals surface area contributed by atoms with Crippen LogP contribution >= 0.6 is 0 Å². The maximum Gasteiger partial charge on any atom is 0.308 e. The molecule has 0 aliphatic carbocycles. The van der Waals surface area contributed by atoms with Gasteiger partial charge in [0.05, 0.1) is 19.6 Å². The van der Waals surface area contributed by atoms with Gasteiger partial charge in [0, 0.05) is 38.8 Å². The summed E-state index contributed by atoms with van der Waals surface area (Å²) in [6, 6.07) is 0.403. The molecule has 6 heteroatoms. The molecule has 0 unspecified atom stereocenters. The molecular formula is C14H25N3O3. The summed E-state index contributed by atoms with van der Waals surface area (Å²) in [5.74, 6) is -0.00273. The molecule has 0 spiro atoms. The molecule has 2 rings (SSSR count). The highest BCUT2D eigenvalue weighted by atomic mass is 16.5. The molecule has 1 amide bonds. The molecule has 1 N–H and O–H groups in total. The Bertz CT molecular complexity index is 354. The molecule has 114 valence electrons. The molecule has 0 radical (unpaired) electrons. The Labute approximate surface area is 120 Å². The highest BCUT2D eigenvalue weighted by molar-refractivity contribution is 5.79. The van der Waals surface area contributed by atoms with E-state index >= 15 is 0 Å². The van der Waals surface area contributed by atoms with Gasteiger partial charge in [0.15, 0.2) is 0 Å². The largest absolute Gasteiger partial charge is 0.469 e. The number of carbonyl (C=O) groups is 2. The number of likely N-dealkylation sites (tertiary alicyclic amines) is 1. The average molecular weight is 283 g/mol. The van der Waals surface area contributed by atoms with Crippen molar-refractivity contribution in [2.45, 2.75) is 25.8 Å². The molecule has 0 aromatic carbocycles. The summed E-state index contributed by atoms with van der Waals surface area (Å²) in [6.45, 7) is 6.78. The molecule has 0 aromatic rings. The SMILES string of the molecule is COC(=O)C1CCN(C(=O)CN2CCNC[C@@H]2C)CC1. The molecule has 2 aliphatic rings. The number of esters is 1. The van der Waals surface area contributed by atoms with Crippen molar-refractivity contribution < 1.29 is 14.3 Å². The number of ether oxygens (including phenoxy) is 1. The summed E-state index contributed by atoms with van der Waals surface area (Å²) in [5.41, 5.74) is 0. The molecule has 0 bridgehead atoms. The number of methoxy groups -OCH3 is 1. The molecule has 2 aliphatic heterocycles. The fourth-order valence-electron chi connectivity index (χ4n) is 2.92. The summed E-state index contributed by atoms with van der Waals surface area (Å²) in [5, 5.41) is 3.32. The molecule has 6 nitrogen and oxygen atoms in total. The normalized spacial score (nSPS) is 25.5. The lowest BCUT2D eigenvalue weighted by molar-refractivity contribution is -0.149. The van der Waals surface area contributed by atoms with Crippen molar-refractivity contribution in [3.63, 3.8) is 0 Å². The molecule has 2 saturated heterocycles. The van der Waals surface area contributed by atoms with Gasteiger partial charge in [0.25, 0.3) is 0 Å². The van der Waals surface area contributed by atoms with Crippen LogP contribution < -0.4 is 5.32 Å². The summed E-state index contributed by atoms with van der Waals surface area (Å²) in [6.07, 6.45) is 1.44. The van der Waals surface area contributed by atoms with E-state index in [-0.39, 0.29) is 17.8 Å². The van der Waals surface area contributed by atoms with E-state index in [1.54, 1.807) is 0 Å². The van der Waals surface area contributed by atoms with E-state index in [0.717, 1.165) is 32.5 Å². The number of carbonyl (C=O) groups excluding carboxylic acids is 2. The molecule has 1 atom stereocenters. The summed E-state index contributed by atoms with van der Waals surface area (Å²) in [4.78, 5) is 27.9. The molecular weight excluding hydrogens is 258 g/mol. The number of piperazine rings is 1. The van der Waals surface area contributed by atoms with Gasteiger partial charge in [-0.15, -0.1) is 0 Å². The van der Waals surface area contributed by atoms with Gasteiger partial charge in [-0.3, -0.25) is 14.5 Å². The van der Waals surface area contributed by atoms with Crippen molar-refractivity contribution in [3.8, 4) is 0 Å². The summed E-state index contributed by atoms with van der Waals surface area (Å²) in [7, 11) is 1.42. The fraction of sp³-hybridized carbons (Fsp3) is 0.857. The van der Waals surface area contributed by atoms with Crippen molar-refractivity contribution in [3.05, 3.63) is 0 Å². The maximum atomic E-state index is 12.3. The molecule has 20 heavy (non-hydrogen) atoms. The number of rotatable bonds is 3. The first-order chi connectivity index (χ1) is 9.61. The van der Waals surface area contributed by atoms with Crippen molar-refractivity contribution in [2.75, 3.05) is 46.4 Å². The Hall–Kier alpha value is -1.14. The zero-order chi connectivity index (χ0) is 14.5. The highest BCUT2D eigenvalue weighted by Gasteiger charge is 2.29. The van der Waals surface area contributed by atoms with Gasteiger partial charge in [-0.05, 0) is 19.8 Å². The van der Waals surface area contributed by atoms with Gasteiger partial charge in [0.2, 0.25) is 5.91 Å². The van der Waals surface area contributed by atoms with E-state index in [4.69, 9.17) is 4.74 Å². The Morgan fingerprint density at radius 3 is 2.55 bits per heavy atom. The van der Waals surface area contributed by atoms with E-state index < -0.39 is 0 Å². The van der Waals surface area contributed by atoms with Crippen LogP contribution in [0.5, 0.6) is 0 Å². The van der Waals surface area contributed by atoms with E-state index in [9.17, 15) is 9.59 Å². The second kappa shape index (κ2) is 7.04. The van der Waals surface area contributed by atoms with Crippen molar-refractivity contribution >= 4 is 11.9 Å². The third-order valence-corrected chi connectivity index (χ3v) is 4.36. The molecule has 0 saturated carbocycles. The van der Waals surface area contributed by atoms with Crippen molar-refractivity contribution in [1.82, 2.24) is 15.1 Å². The topological polar surface area (TPSA) is 61.9 Å². The number of nitrogens with one attached hydrogen (secondary N) is 1. The first-order valence-corrected chi connectivity index (χ1v) is 7.42. The first-order valence-electron chi connectivity index (χ1n) is 7.42. The fourth-order valence-corrected chi connectivity index (χ4v) is 2.92. The second-order valence-electron chi connectivity index (χ2n) is 5.70. The zero-order valence-electron chi connectivity index (χ0n) is 12.4. The maximum absolute atomic E-state index is 12.3. The van der Waals surface area contributed by atoms with Crippen LogP contribution in [-0.2, 0) is 14.3 Å². The van der Waals surface area contributed by atoms with Crippen LogP contribution in [0.25, 0.3) is 0 Å². The number of hydrogen-bond acceptors (Lipinski definition) is 5. The van der Waals surface area contributed by atoms with Crippen LogP contribution in [0.4, 0.5) is 0 Å². The third kappa shape index (κ3) is 3.70. The van der Waals surface area contributed by atoms with Crippen LogP contribution in [0, 0.1) is 5.92 Å².